The molecule has 0 fully saturated rings. The van der Waals surface area contributed by atoms with Crippen LogP contribution in [0.3, 0.4) is 0 Å². The molecule has 1 atom stereocenters. The van der Waals surface area contributed by atoms with Gasteiger partial charge >= 0.3 is 0 Å². The number of hydrogen-bond acceptors (Lipinski definition) is 8. The Hall–Kier alpha value is -3.31. The predicted molar refractivity (Wildman–Crippen MR) is 138 cm³/mol. The highest BCUT2D eigenvalue weighted by molar-refractivity contribution is 7.91. The van der Waals surface area contributed by atoms with Gasteiger partial charge in [0.2, 0.25) is 0 Å². The van der Waals surface area contributed by atoms with E-state index in [1.54, 1.807) is 12.1 Å². The van der Waals surface area contributed by atoms with Crippen LogP contribution in [-0.4, -0.2) is 48.8 Å². The Kier molecular flexibility index (Phi) is 6.08. The largest absolute Gasteiger partial charge is 0.362 e. The third-order valence-corrected chi connectivity index (χ3v) is 9.33. The minimum absolute atomic E-state index is 0.0105. The Morgan fingerprint density at radius 1 is 1.06 bits per heavy atom. The van der Waals surface area contributed by atoms with E-state index in [1.807, 2.05) is 18.2 Å². The van der Waals surface area contributed by atoms with E-state index in [-0.39, 0.29) is 22.7 Å². The number of nitrogens with zero attached hydrogens (tertiary/aromatic N) is 3. The highest BCUT2D eigenvalue weighted by Crippen LogP contribution is 2.34. The fraction of sp³-hybridized carbons (Fsp3) is 0.320. The lowest BCUT2D eigenvalue weighted by Crippen LogP contribution is -2.20. The van der Waals surface area contributed by atoms with E-state index >= 15 is 0 Å². The monoisotopic (exact) mass is 525 g/mol. The molecule has 0 aliphatic carbocycles. The summed E-state index contributed by atoms with van der Waals surface area (Å²) in [5, 5.41) is 4.28. The zero-order valence-corrected chi connectivity index (χ0v) is 21.8. The molecule has 11 heteroatoms. The van der Waals surface area contributed by atoms with Crippen LogP contribution in [0.25, 0.3) is 22.3 Å². The first-order valence-corrected chi connectivity index (χ1v) is 15.2. The molecule has 0 saturated carbocycles. The number of rotatable bonds is 6. The van der Waals surface area contributed by atoms with Gasteiger partial charge in [-0.1, -0.05) is 26.0 Å². The second-order valence-corrected chi connectivity index (χ2v) is 13.5. The molecule has 1 aliphatic rings. The quantitative estimate of drug-likeness (QED) is 0.386. The van der Waals surface area contributed by atoms with E-state index < -0.39 is 19.7 Å². The first kappa shape index (κ1) is 24.4. The maximum atomic E-state index is 12.7. The van der Waals surface area contributed by atoms with Gasteiger partial charge in [-0.15, -0.1) is 0 Å². The summed E-state index contributed by atoms with van der Waals surface area (Å²) < 4.78 is 48.8. The number of hydrogen-bond donors (Lipinski definition) is 2. The summed E-state index contributed by atoms with van der Waals surface area (Å²) in [6, 6.07) is 10.6. The summed E-state index contributed by atoms with van der Waals surface area (Å²) in [7, 11) is -6.66. The first-order valence-electron chi connectivity index (χ1n) is 11.7. The van der Waals surface area contributed by atoms with Crippen molar-refractivity contribution < 1.29 is 16.8 Å². The molecule has 36 heavy (non-hydrogen) atoms. The van der Waals surface area contributed by atoms with Crippen LogP contribution in [0.15, 0.2) is 58.8 Å². The van der Waals surface area contributed by atoms with Crippen LogP contribution >= 0.6 is 0 Å². The Bertz CT molecular complexity index is 1660. The number of nitrogens with one attached hydrogen (secondary N) is 2. The smallest absolute Gasteiger partial charge is 0.192 e. The molecule has 3 aromatic heterocycles. The van der Waals surface area contributed by atoms with E-state index in [4.69, 9.17) is 0 Å². The van der Waals surface area contributed by atoms with Gasteiger partial charge in [0.15, 0.2) is 24.7 Å². The van der Waals surface area contributed by atoms with Gasteiger partial charge in [0.25, 0.3) is 0 Å². The first-order chi connectivity index (χ1) is 17.0. The van der Waals surface area contributed by atoms with Crippen molar-refractivity contribution in [3.63, 3.8) is 0 Å². The fourth-order valence-electron chi connectivity index (χ4n) is 4.57. The average Bonchev–Trinajstić information content (AvgIpc) is 3.27. The van der Waals surface area contributed by atoms with Crippen LogP contribution in [0.4, 0.5) is 5.82 Å². The van der Waals surface area contributed by atoms with E-state index in [0.717, 1.165) is 34.9 Å². The normalized spacial score (nSPS) is 16.1. The lowest BCUT2D eigenvalue weighted by atomic mass is 9.94. The van der Waals surface area contributed by atoms with Crippen molar-refractivity contribution in [2.45, 2.75) is 42.7 Å². The highest BCUT2D eigenvalue weighted by atomic mass is 32.2. The van der Waals surface area contributed by atoms with Crippen LogP contribution < -0.4 is 5.32 Å². The Balaban J connectivity index is 1.51. The van der Waals surface area contributed by atoms with Crippen molar-refractivity contribution in [2.75, 3.05) is 17.3 Å². The number of H-pyrrole nitrogens is 1. The minimum Gasteiger partial charge on any atom is -0.362 e. The minimum atomic E-state index is -3.39. The molecular formula is C25H27N5O4S2. The summed E-state index contributed by atoms with van der Waals surface area (Å²) in [5.41, 5.74) is 3.82. The summed E-state index contributed by atoms with van der Waals surface area (Å²) in [6.45, 7) is 4.14. The number of aromatic amines is 1. The number of sulfone groups is 2. The van der Waals surface area contributed by atoms with Gasteiger partial charge in [-0.25, -0.2) is 31.8 Å². The van der Waals surface area contributed by atoms with Gasteiger partial charge in [-0.3, -0.25) is 0 Å². The van der Waals surface area contributed by atoms with E-state index in [2.05, 4.69) is 39.1 Å². The summed E-state index contributed by atoms with van der Waals surface area (Å²) in [6.07, 6.45) is 5.51. The predicted octanol–water partition coefficient (Wildman–Crippen LogP) is 3.95. The molecule has 0 spiro atoms. The Labute approximate surface area is 210 Å². The molecule has 9 nitrogen and oxygen atoms in total. The highest BCUT2D eigenvalue weighted by Gasteiger charge is 2.26. The van der Waals surface area contributed by atoms with Crippen LogP contribution in [0.5, 0.6) is 0 Å². The Morgan fingerprint density at radius 3 is 2.56 bits per heavy atom. The number of aryl methyl sites for hydroxylation is 1. The number of pyridine rings is 1. The summed E-state index contributed by atoms with van der Waals surface area (Å²) in [4.78, 5) is 16.6. The van der Waals surface area contributed by atoms with Crippen molar-refractivity contribution in [1.82, 2.24) is 19.9 Å². The zero-order valence-electron chi connectivity index (χ0n) is 20.2. The van der Waals surface area contributed by atoms with Crippen LogP contribution in [0.2, 0.25) is 0 Å². The zero-order chi connectivity index (χ0) is 25.7. The number of benzene rings is 1. The van der Waals surface area contributed by atoms with Crippen molar-refractivity contribution >= 4 is 36.5 Å². The molecule has 1 aromatic carbocycles. The van der Waals surface area contributed by atoms with Gasteiger partial charge in [0.1, 0.15) is 17.8 Å². The summed E-state index contributed by atoms with van der Waals surface area (Å²) >= 11 is 0. The fourth-order valence-corrected chi connectivity index (χ4v) is 6.76. The third-order valence-electron chi connectivity index (χ3n) is 6.46. The van der Waals surface area contributed by atoms with Crippen molar-refractivity contribution in [3.8, 4) is 11.3 Å². The molecular weight excluding hydrogens is 498 g/mol. The van der Waals surface area contributed by atoms with E-state index in [1.165, 1.54) is 18.6 Å². The van der Waals surface area contributed by atoms with Crippen LogP contribution in [0, 0.1) is 5.92 Å². The number of anilines is 1. The van der Waals surface area contributed by atoms with Gasteiger partial charge in [-0.2, -0.15) is 0 Å². The van der Waals surface area contributed by atoms with Crippen molar-refractivity contribution in [3.05, 3.63) is 60.0 Å². The second kappa shape index (κ2) is 8.97. The second-order valence-electron chi connectivity index (χ2n) is 9.48. The van der Waals surface area contributed by atoms with Crippen LogP contribution in [-0.2, 0) is 26.1 Å². The molecule has 4 aromatic rings. The van der Waals surface area contributed by atoms with E-state index in [9.17, 15) is 16.8 Å². The van der Waals surface area contributed by atoms with E-state index in [0.29, 0.717) is 28.3 Å². The molecule has 0 saturated heterocycles. The molecule has 1 aliphatic heterocycles. The molecule has 0 radical (unpaired) electrons. The SMILES string of the molecule is CC(C)[C@@H](Nc1ncnc2[nH]c(-c3ccc(S(C)(=O)=O)nc3)cc12)c1ccc2c(c1)S(=O)(=O)CCC2. The van der Waals surface area contributed by atoms with Crippen molar-refractivity contribution in [1.29, 1.82) is 0 Å². The van der Waals surface area contributed by atoms with Gasteiger partial charge in [0.05, 0.1) is 22.1 Å². The van der Waals surface area contributed by atoms with Gasteiger partial charge in [0, 0.05) is 23.7 Å². The Morgan fingerprint density at radius 2 is 1.86 bits per heavy atom. The maximum absolute atomic E-state index is 12.7. The van der Waals surface area contributed by atoms with Crippen LogP contribution in [0.1, 0.15) is 37.4 Å². The molecule has 0 unspecified atom stereocenters. The molecule has 4 heterocycles. The molecule has 5 rings (SSSR count). The molecule has 2 N–H and O–H groups in total. The van der Waals surface area contributed by atoms with Gasteiger partial charge < -0.3 is 10.3 Å². The van der Waals surface area contributed by atoms with Gasteiger partial charge in [-0.05, 0) is 54.2 Å². The molecule has 188 valence electrons. The summed E-state index contributed by atoms with van der Waals surface area (Å²) in [5.74, 6) is 0.940. The number of fused-ring (bicyclic) bond motifs is 2. The lowest BCUT2D eigenvalue weighted by molar-refractivity contribution is 0.542. The molecule has 0 amide bonds. The average molecular weight is 526 g/mol. The van der Waals surface area contributed by atoms with Crippen molar-refractivity contribution in [2.24, 2.45) is 5.92 Å². The lowest BCUT2D eigenvalue weighted by Gasteiger charge is -2.26. The molecule has 0 bridgehead atoms. The topological polar surface area (TPSA) is 135 Å². The third kappa shape index (κ3) is 4.60. The standard InChI is InChI=1S/C25H27N5O4S2/c1-15(2)23(17-7-6-16-5-4-10-36(33,34)21(16)11-17)30-25-19-12-20(29-24(19)27-14-28-25)18-8-9-22(26-13-18)35(3,31)32/h6-9,11-15,23H,4-5,10H2,1-3H3,(H2,27,28,29,30)/t23-/m1/s1. The maximum Gasteiger partial charge on any atom is 0.192 e. The number of aromatic nitrogens is 4.